The normalized spacial score (nSPS) is 27.0. The van der Waals surface area contributed by atoms with Gasteiger partial charge in [0.2, 0.25) is 0 Å². The van der Waals surface area contributed by atoms with Crippen molar-refractivity contribution in [1.82, 2.24) is 0 Å². The van der Waals surface area contributed by atoms with Gasteiger partial charge in [-0.15, -0.1) is 6.58 Å². The van der Waals surface area contributed by atoms with Gasteiger partial charge in [-0.2, -0.15) is 0 Å². The van der Waals surface area contributed by atoms with Crippen LogP contribution in [-0.2, 0) is 0 Å². The van der Waals surface area contributed by atoms with Crippen LogP contribution in [0.5, 0.6) is 0 Å². The van der Waals surface area contributed by atoms with Crippen LogP contribution in [0, 0.1) is 5.41 Å². The highest BCUT2D eigenvalue weighted by molar-refractivity contribution is 6.67. The van der Waals surface area contributed by atoms with Gasteiger partial charge in [0.15, 0.2) is 3.79 Å². The number of hydrogen-bond acceptors (Lipinski definition) is 0. The van der Waals surface area contributed by atoms with Crippen LogP contribution in [0.25, 0.3) is 0 Å². The summed E-state index contributed by atoms with van der Waals surface area (Å²) in [5.41, 5.74) is -0.478. The minimum absolute atomic E-state index is 0.300. The highest BCUT2D eigenvalue weighted by Crippen LogP contribution is 2.47. The molecular weight excluding hydrogens is 297 g/mol. The summed E-state index contributed by atoms with van der Waals surface area (Å²) in [5, 5.41) is 1.18. The first-order valence-corrected chi connectivity index (χ1v) is 6.10. The van der Waals surface area contributed by atoms with Gasteiger partial charge < -0.3 is 0 Å². The Morgan fingerprint density at radius 1 is 1.40 bits per heavy atom. The average Bonchev–Trinajstić information content (AvgIpc) is 1.98. The molecule has 15 heavy (non-hydrogen) atoms. The molecule has 1 rings (SSSR count). The van der Waals surface area contributed by atoms with Crippen LogP contribution < -0.4 is 0 Å². The minimum Gasteiger partial charge on any atom is -0.102 e. The molecule has 0 amide bonds. The number of alkyl halides is 3. The molecule has 1 unspecified atom stereocenters. The number of rotatable bonds is 2. The number of allylic oxidation sites excluding steroid dienone is 5. The van der Waals surface area contributed by atoms with Crippen LogP contribution in [0.2, 0.25) is 0 Å². The fourth-order valence-corrected chi connectivity index (χ4v) is 3.09. The molecule has 0 saturated heterocycles. The van der Waals surface area contributed by atoms with E-state index in [0.29, 0.717) is 22.9 Å². The van der Waals surface area contributed by atoms with Gasteiger partial charge in [-0.1, -0.05) is 70.2 Å². The molecule has 5 heteroatoms. The van der Waals surface area contributed by atoms with Crippen molar-refractivity contribution in [1.29, 1.82) is 0 Å². The summed E-state index contributed by atoms with van der Waals surface area (Å²) >= 11 is 29.2. The predicted molar refractivity (Wildman–Crippen MR) is 70.0 cm³/mol. The molecule has 0 radical (unpaired) electrons. The first kappa shape index (κ1) is 13.7. The highest BCUT2D eigenvalue weighted by Gasteiger charge is 2.36. The van der Waals surface area contributed by atoms with Gasteiger partial charge >= 0.3 is 0 Å². The Bertz CT molecular complexity index is 323. The molecule has 0 bridgehead atoms. The fourth-order valence-electron chi connectivity index (χ4n) is 1.57. The number of halogens is 5. The zero-order chi connectivity index (χ0) is 11.7. The van der Waals surface area contributed by atoms with Crippen molar-refractivity contribution in [3.05, 3.63) is 34.9 Å². The molecule has 0 aromatic heterocycles. The maximum atomic E-state index is 5.96. The monoisotopic (exact) mass is 304 g/mol. The summed E-state index contributed by atoms with van der Waals surface area (Å²) in [6.45, 7) is 3.74. The van der Waals surface area contributed by atoms with E-state index in [4.69, 9.17) is 58.0 Å². The summed E-state index contributed by atoms with van der Waals surface area (Å²) in [6, 6.07) is 0. The standard InChI is InChI=1S/C10H9Cl5/c1-2-9(6-10(13,14)15)4-7(11)3-8(12)5-9/h2-4H,1,5-6H2. The smallest absolute Gasteiger partial charge is 0.102 e. The average molecular weight is 306 g/mol. The SMILES string of the molecule is C=CC1(CC(Cl)(Cl)Cl)C=C(Cl)C=C(Cl)C1. The molecule has 84 valence electrons. The molecule has 0 nitrogen and oxygen atoms in total. The third-order valence-electron chi connectivity index (χ3n) is 2.15. The maximum absolute atomic E-state index is 5.96. The summed E-state index contributed by atoms with van der Waals surface area (Å²) in [4.78, 5) is 0. The van der Waals surface area contributed by atoms with E-state index in [1.54, 1.807) is 12.2 Å². The summed E-state index contributed by atoms with van der Waals surface area (Å²) < 4.78 is -1.35. The third-order valence-corrected chi connectivity index (χ3v) is 3.02. The predicted octanol–water partition coefficient (Wildman–Crippen LogP) is 5.57. The Labute approximate surface area is 114 Å². The van der Waals surface area contributed by atoms with Crippen LogP contribution in [0.3, 0.4) is 0 Å². The van der Waals surface area contributed by atoms with E-state index in [1.165, 1.54) is 0 Å². The first-order valence-electron chi connectivity index (χ1n) is 4.21. The van der Waals surface area contributed by atoms with Gasteiger partial charge in [-0.05, 0) is 12.5 Å². The Hall–Kier alpha value is 0.670. The number of hydrogen-bond donors (Lipinski definition) is 0. The molecule has 0 heterocycles. The van der Waals surface area contributed by atoms with Gasteiger partial charge in [0, 0.05) is 21.9 Å². The molecular formula is C10H9Cl5. The van der Waals surface area contributed by atoms with Crippen molar-refractivity contribution >= 4 is 58.0 Å². The van der Waals surface area contributed by atoms with Gasteiger partial charge in [0.05, 0.1) is 0 Å². The Morgan fingerprint density at radius 2 is 2.00 bits per heavy atom. The molecule has 0 aliphatic heterocycles. The molecule has 1 atom stereocenters. The van der Waals surface area contributed by atoms with Crippen LogP contribution in [0.15, 0.2) is 34.9 Å². The second-order valence-electron chi connectivity index (χ2n) is 3.53. The zero-order valence-corrected chi connectivity index (χ0v) is 11.5. The quantitative estimate of drug-likeness (QED) is 0.462. The Morgan fingerprint density at radius 3 is 2.40 bits per heavy atom. The minimum atomic E-state index is -1.35. The molecule has 0 aromatic carbocycles. The van der Waals surface area contributed by atoms with Crippen LogP contribution in [0.1, 0.15) is 12.8 Å². The van der Waals surface area contributed by atoms with Crippen molar-refractivity contribution < 1.29 is 0 Å². The molecule has 0 N–H and O–H groups in total. The topological polar surface area (TPSA) is 0 Å². The van der Waals surface area contributed by atoms with E-state index in [-0.39, 0.29) is 0 Å². The lowest BCUT2D eigenvalue weighted by molar-refractivity contribution is 0.454. The van der Waals surface area contributed by atoms with E-state index < -0.39 is 9.21 Å². The fraction of sp³-hybridized carbons (Fsp3) is 0.400. The largest absolute Gasteiger partial charge is 0.191 e. The second kappa shape index (κ2) is 4.89. The lowest BCUT2D eigenvalue weighted by Crippen LogP contribution is -2.24. The maximum Gasteiger partial charge on any atom is 0.191 e. The van der Waals surface area contributed by atoms with Crippen molar-refractivity contribution in [3.8, 4) is 0 Å². The molecule has 1 aliphatic rings. The molecule has 0 aromatic rings. The van der Waals surface area contributed by atoms with Crippen LogP contribution in [0.4, 0.5) is 0 Å². The van der Waals surface area contributed by atoms with E-state index in [0.717, 1.165) is 0 Å². The summed E-state index contributed by atoms with van der Waals surface area (Å²) in [7, 11) is 0. The Kier molecular flexibility index (Phi) is 4.48. The lowest BCUT2D eigenvalue weighted by Gasteiger charge is -2.32. The van der Waals surface area contributed by atoms with E-state index in [1.807, 2.05) is 6.08 Å². The van der Waals surface area contributed by atoms with Crippen molar-refractivity contribution in [2.24, 2.45) is 5.41 Å². The van der Waals surface area contributed by atoms with E-state index >= 15 is 0 Å². The Balaban J connectivity index is 2.98. The lowest BCUT2D eigenvalue weighted by atomic mass is 9.79. The van der Waals surface area contributed by atoms with Gasteiger partial charge in [0.1, 0.15) is 0 Å². The molecule has 1 aliphatic carbocycles. The van der Waals surface area contributed by atoms with Crippen molar-refractivity contribution in [3.63, 3.8) is 0 Å². The zero-order valence-electron chi connectivity index (χ0n) is 7.74. The molecule has 0 spiro atoms. The van der Waals surface area contributed by atoms with Crippen molar-refractivity contribution in [2.45, 2.75) is 16.6 Å². The van der Waals surface area contributed by atoms with Gasteiger partial charge in [-0.25, -0.2) is 0 Å². The first-order chi connectivity index (χ1) is 6.76. The van der Waals surface area contributed by atoms with Gasteiger partial charge in [0.25, 0.3) is 0 Å². The second-order valence-corrected chi connectivity index (χ2v) is 6.96. The van der Waals surface area contributed by atoms with Crippen LogP contribution in [-0.4, -0.2) is 3.79 Å². The van der Waals surface area contributed by atoms with E-state index in [9.17, 15) is 0 Å². The van der Waals surface area contributed by atoms with Crippen molar-refractivity contribution in [2.75, 3.05) is 0 Å². The summed E-state index contributed by atoms with van der Waals surface area (Å²) in [6.07, 6.45) is 6.07. The highest BCUT2D eigenvalue weighted by atomic mass is 35.6. The molecule has 0 saturated carbocycles. The van der Waals surface area contributed by atoms with E-state index in [2.05, 4.69) is 6.58 Å². The van der Waals surface area contributed by atoms with Crippen LogP contribution >= 0.6 is 58.0 Å². The third kappa shape index (κ3) is 4.20. The molecule has 0 fully saturated rings. The summed E-state index contributed by atoms with van der Waals surface area (Å²) in [5.74, 6) is 0. The van der Waals surface area contributed by atoms with Gasteiger partial charge in [-0.3, -0.25) is 0 Å².